The van der Waals surface area contributed by atoms with Crippen molar-refractivity contribution in [1.29, 1.82) is 0 Å². The minimum Gasteiger partial charge on any atom is -0.383 e. The summed E-state index contributed by atoms with van der Waals surface area (Å²) in [4.78, 5) is 14.8. The van der Waals surface area contributed by atoms with Crippen LogP contribution in [0.5, 0.6) is 5.75 Å². The Bertz CT molecular complexity index is 907. The fourth-order valence-corrected chi connectivity index (χ4v) is 3.56. The van der Waals surface area contributed by atoms with Crippen molar-refractivity contribution in [3.63, 3.8) is 0 Å². The Morgan fingerprint density at radius 1 is 1.07 bits per heavy atom. The van der Waals surface area contributed by atoms with Crippen LogP contribution >= 0.6 is 23.2 Å². The Morgan fingerprint density at radius 2 is 1.64 bits per heavy atom. The molecular weight excluding hydrogens is 421 g/mol. The molecule has 0 atom stereocenters. The normalized spacial score (nSPS) is 11.5. The molecule has 0 spiro atoms. The van der Waals surface area contributed by atoms with Gasteiger partial charge in [-0.15, -0.1) is 0 Å². The molecule has 28 heavy (non-hydrogen) atoms. The Kier molecular flexibility index (Phi) is 7.75. The lowest BCUT2D eigenvalue weighted by atomic mass is 10.1. The van der Waals surface area contributed by atoms with Crippen LogP contribution in [0.15, 0.2) is 42.5 Å². The lowest BCUT2D eigenvalue weighted by Crippen LogP contribution is -2.32. The number of hydrogen-bond acceptors (Lipinski definition) is 4. The van der Waals surface area contributed by atoms with E-state index < -0.39 is 10.1 Å². The second-order valence-electron chi connectivity index (χ2n) is 7.00. The third-order valence-corrected chi connectivity index (χ3v) is 4.85. The number of nitrogens with zero attached hydrogens (tertiary/aromatic N) is 1. The zero-order chi connectivity index (χ0) is 20.9. The second kappa shape index (κ2) is 9.63. The summed E-state index contributed by atoms with van der Waals surface area (Å²) < 4.78 is 27.3. The van der Waals surface area contributed by atoms with Gasteiger partial charge in [0.05, 0.1) is 6.26 Å². The maximum absolute atomic E-state index is 13.0. The van der Waals surface area contributed by atoms with Crippen LogP contribution in [-0.4, -0.2) is 32.0 Å². The first-order valence-electron chi connectivity index (χ1n) is 8.77. The van der Waals surface area contributed by atoms with Crippen LogP contribution in [0.2, 0.25) is 10.0 Å². The third-order valence-electron chi connectivity index (χ3n) is 3.92. The molecule has 0 N–H and O–H groups in total. The first-order valence-corrected chi connectivity index (χ1v) is 11.3. The third kappa shape index (κ3) is 7.34. The maximum Gasteiger partial charge on any atom is 0.306 e. The van der Waals surface area contributed by atoms with E-state index in [0.717, 1.165) is 18.2 Å². The number of hydrogen-bond donors (Lipinski definition) is 0. The SMILES string of the molecule is CC(C)CCN(Cc1ccc(OS(C)(=O)=O)cc1)C(=O)c1cc(Cl)cc(Cl)c1. The molecule has 0 aliphatic rings. The van der Waals surface area contributed by atoms with Gasteiger partial charge < -0.3 is 9.08 Å². The minimum atomic E-state index is -3.58. The molecule has 0 heterocycles. The molecule has 1 amide bonds. The molecule has 0 aromatic heterocycles. The first kappa shape index (κ1) is 22.5. The van der Waals surface area contributed by atoms with E-state index in [4.69, 9.17) is 27.4 Å². The zero-order valence-corrected chi connectivity index (χ0v) is 18.3. The molecule has 0 saturated carbocycles. The highest BCUT2D eigenvalue weighted by Gasteiger charge is 2.18. The molecule has 8 heteroatoms. The molecule has 0 aliphatic heterocycles. The summed E-state index contributed by atoms with van der Waals surface area (Å²) >= 11 is 12.1. The zero-order valence-electron chi connectivity index (χ0n) is 16.0. The smallest absolute Gasteiger partial charge is 0.306 e. The molecule has 0 bridgehead atoms. The molecule has 152 valence electrons. The molecule has 2 aromatic rings. The highest BCUT2D eigenvalue weighted by molar-refractivity contribution is 7.86. The topological polar surface area (TPSA) is 63.7 Å². The minimum absolute atomic E-state index is 0.165. The summed E-state index contributed by atoms with van der Waals surface area (Å²) in [7, 11) is -3.58. The lowest BCUT2D eigenvalue weighted by Gasteiger charge is -2.24. The van der Waals surface area contributed by atoms with Gasteiger partial charge in [0, 0.05) is 28.7 Å². The van der Waals surface area contributed by atoms with E-state index in [1.54, 1.807) is 47.4 Å². The summed E-state index contributed by atoms with van der Waals surface area (Å²) in [5.41, 5.74) is 1.28. The van der Waals surface area contributed by atoms with Crippen molar-refractivity contribution >= 4 is 39.2 Å². The van der Waals surface area contributed by atoms with E-state index in [-0.39, 0.29) is 11.7 Å². The summed E-state index contributed by atoms with van der Waals surface area (Å²) in [6.07, 6.45) is 1.83. The number of rotatable bonds is 8. The predicted octanol–water partition coefficient (Wildman–Crippen LogP) is 5.02. The van der Waals surface area contributed by atoms with Crippen molar-refractivity contribution in [3.05, 3.63) is 63.6 Å². The van der Waals surface area contributed by atoms with E-state index >= 15 is 0 Å². The molecule has 0 saturated heterocycles. The molecule has 0 unspecified atom stereocenters. The monoisotopic (exact) mass is 443 g/mol. The molecule has 0 fully saturated rings. The van der Waals surface area contributed by atoms with E-state index in [1.165, 1.54) is 0 Å². The molecule has 0 aliphatic carbocycles. The Hall–Kier alpha value is -1.76. The van der Waals surface area contributed by atoms with Gasteiger partial charge in [0.2, 0.25) is 0 Å². The van der Waals surface area contributed by atoms with E-state index in [9.17, 15) is 13.2 Å². The van der Waals surface area contributed by atoms with Crippen molar-refractivity contribution in [2.45, 2.75) is 26.8 Å². The van der Waals surface area contributed by atoms with Crippen LogP contribution in [-0.2, 0) is 16.7 Å². The van der Waals surface area contributed by atoms with E-state index in [0.29, 0.717) is 34.6 Å². The maximum atomic E-state index is 13.0. The van der Waals surface area contributed by atoms with Crippen LogP contribution in [0.4, 0.5) is 0 Å². The average molecular weight is 444 g/mol. The van der Waals surface area contributed by atoms with E-state index in [2.05, 4.69) is 13.8 Å². The summed E-state index contributed by atoms with van der Waals surface area (Å²) in [5, 5.41) is 0.809. The van der Waals surface area contributed by atoms with Crippen molar-refractivity contribution in [3.8, 4) is 5.75 Å². The second-order valence-corrected chi connectivity index (χ2v) is 9.45. The van der Waals surface area contributed by atoms with Crippen LogP contribution in [0.25, 0.3) is 0 Å². The van der Waals surface area contributed by atoms with Gasteiger partial charge in [0.15, 0.2) is 0 Å². The Balaban J connectivity index is 2.21. The summed E-state index contributed by atoms with van der Waals surface area (Å²) in [6, 6.07) is 11.4. The molecule has 2 rings (SSSR count). The predicted molar refractivity (Wildman–Crippen MR) is 113 cm³/mol. The van der Waals surface area contributed by atoms with Crippen molar-refractivity contribution in [2.24, 2.45) is 5.92 Å². The summed E-state index contributed by atoms with van der Waals surface area (Å²) in [6.45, 7) is 5.13. The van der Waals surface area contributed by atoms with Gasteiger partial charge in [0.25, 0.3) is 5.91 Å². The number of amides is 1. The fourth-order valence-electron chi connectivity index (χ4n) is 2.57. The average Bonchev–Trinajstić information content (AvgIpc) is 2.57. The number of benzene rings is 2. The van der Waals surface area contributed by atoms with Gasteiger partial charge in [-0.25, -0.2) is 0 Å². The van der Waals surface area contributed by atoms with Gasteiger partial charge in [-0.05, 0) is 48.2 Å². The van der Waals surface area contributed by atoms with Crippen LogP contribution in [0.3, 0.4) is 0 Å². The quantitative estimate of drug-likeness (QED) is 0.537. The van der Waals surface area contributed by atoms with Crippen LogP contribution < -0.4 is 4.18 Å². The van der Waals surface area contributed by atoms with Gasteiger partial charge in [-0.2, -0.15) is 8.42 Å². The molecule has 0 radical (unpaired) electrons. The number of carbonyl (C=O) groups excluding carboxylic acids is 1. The van der Waals surface area contributed by atoms with Crippen molar-refractivity contribution in [1.82, 2.24) is 4.90 Å². The van der Waals surface area contributed by atoms with Crippen LogP contribution in [0, 0.1) is 5.92 Å². The van der Waals surface area contributed by atoms with Gasteiger partial charge in [-0.1, -0.05) is 49.2 Å². The van der Waals surface area contributed by atoms with Crippen LogP contribution in [0.1, 0.15) is 36.2 Å². The Morgan fingerprint density at radius 3 is 2.14 bits per heavy atom. The number of halogens is 2. The number of carbonyl (C=O) groups is 1. The highest BCUT2D eigenvalue weighted by Crippen LogP contribution is 2.22. The lowest BCUT2D eigenvalue weighted by molar-refractivity contribution is 0.0735. The fraction of sp³-hybridized carbons (Fsp3) is 0.350. The van der Waals surface area contributed by atoms with Crippen molar-refractivity contribution in [2.75, 3.05) is 12.8 Å². The van der Waals surface area contributed by atoms with Gasteiger partial charge in [0.1, 0.15) is 5.75 Å². The van der Waals surface area contributed by atoms with Gasteiger partial charge >= 0.3 is 10.1 Å². The molecular formula is C20H23Cl2NO4S. The van der Waals surface area contributed by atoms with Crippen molar-refractivity contribution < 1.29 is 17.4 Å². The largest absolute Gasteiger partial charge is 0.383 e. The standard InChI is InChI=1S/C20H23Cl2NO4S/c1-14(2)8-9-23(20(24)16-10-17(21)12-18(22)11-16)13-15-4-6-19(7-5-15)27-28(3,25)26/h4-7,10-12,14H,8-9,13H2,1-3H3. The Labute approximate surface area is 176 Å². The highest BCUT2D eigenvalue weighted by atomic mass is 35.5. The first-order chi connectivity index (χ1) is 13.0. The van der Waals surface area contributed by atoms with E-state index in [1.807, 2.05) is 0 Å². The van der Waals surface area contributed by atoms with Gasteiger partial charge in [-0.3, -0.25) is 4.79 Å². The molecule has 5 nitrogen and oxygen atoms in total. The molecule has 2 aromatic carbocycles. The summed E-state index contributed by atoms with van der Waals surface area (Å²) in [5.74, 6) is 0.498.